The Labute approximate surface area is 133 Å². The molecular weight excluding hydrogens is 309 g/mol. The van der Waals surface area contributed by atoms with Crippen molar-refractivity contribution < 1.29 is 32.7 Å². The fraction of sp³-hybridized carbons (Fsp3) is 0.231. The van der Waals surface area contributed by atoms with E-state index < -0.39 is 0 Å². The molecule has 0 N–H and O–H groups in total. The molecule has 0 fully saturated rings. The molecule has 1 aromatic carbocycles. The Morgan fingerprint density at radius 1 is 1.06 bits per heavy atom. The summed E-state index contributed by atoms with van der Waals surface area (Å²) in [7, 11) is 0. The van der Waals surface area contributed by atoms with E-state index in [1.807, 2.05) is 51.1 Å². The fourth-order valence-corrected chi connectivity index (χ4v) is 1.41. The molecule has 1 aromatic heterocycles. The van der Waals surface area contributed by atoms with E-state index in [9.17, 15) is 0 Å². The summed E-state index contributed by atoms with van der Waals surface area (Å²) >= 11 is 5.74. The topological polar surface area (TPSA) is 25.8 Å². The van der Waals surface area contributed by atoms with Crippen molar-refractivity contribution in [2.45, 2.75) is 20.8 Å². The molecule has 0 atom stereocenters. The first kappa shape index (κ1) is 16.7. The second kappa shape index (κ2) is 8.74. The van der Waals surface area contributed by atoms with Crippen molar-refractivity contribution in [1.82, 2.24) is 10.2 Å². The van der Waals surface area contributed by atoms with Crippen molar-refractivity contribution in [2.75, 3.05) is 0 Å². The van der Waals surface area contributed by atoms with E-state index in [1.165, 1.54) is 0 Å². The van der Waals surface area contributed by atoms with Gasteiger partial charge in [0.05, 0.1) is 5.15 Å². The zero-order chi connectivity index (χ0) is 12.0. The van der Waals surface area contributed by atoms with Crippen molar-refractivity contribution in [3.05, 3.63) is 47.2 Å². The Morgan fingerprint density at radius 2 is 1.65 bits per heavy atom. The van der Waals surface area contributed by atoms with Gasteiger partial charge in [0.15, 0.2) is 0 Å². The van der Waals surface area contributed by atoms with Gasteiger partial charge in [-0.3, -0.25) is 0 Å². The average molecular weight is 323 g/mol. The quantitative estimate of drug-likeness (QED) is 0.743. The summed E-state index contributed by atoms with van der Waals surface area (Å²) in [6.07, 6.45) is 0. The van der Waals surface area contributed by atoms with Crippen LogP contribution in [-0.2, 0) is 32.7 Å². The van der Waals surface area contributed by atoms with E-state index >= 15 is 0 Å². The monoisotopic (exact) mass is 322 g/mol. The summed E-state index contributed by atoms with van der Waals surface area (Å²) in [6, 6.07) is 12.9. The molecule has 0 aliphatic carbocycles. The van der Waals surface area contributed by atoms with Crippen LogP contribution < -0.4 is 0 Å². The van der Waals surface area contributed by atoms with Crippen molar-refractivity contribution in [3.63, 3.8) is 0 Å². The van der Waals surface area contributed by atoms with Gasteiger partial charge in [-0.25, -0.2) is 5.10 Å². The average Bonchev–Trinajstić information content (AvgIpc) is 2.36. The summed E-state index contributed by atoms with van der Waals surface area (Å²) in [6.45, 7) is 5.89. The van der Waals surface area contributed by atoms with E-state index in [2.05, 4.69) is 16.3 Å². The van der Waals surface area contributed by atoms with E-state index in [-0.39, 0.29) is 32.7 Å². The van der Waals surface area contributed by atoms with Crippen LogP contribution in [-0.4, -0.2) is 10.2 Å². The number of rotatable bonds is 1. The fourth-order valence-electron chi connectivity index (χ4n) is 1.27. The number of halogens is 1. The molecule has 1 heterocycles. The number of aryl methyl sites for hydroxylation is 1. The molecule has 0 unspecified atom stereocenters. The van der Waals surface area contributed by atoms with Crippen LogP contribution in [0.5, 0.6) is 0 Å². The summed E-state index contributed by atoms with van der Waals surface area (Å²) in [5.74, 6) is 0. The van der Waals surface area contributed by atoms with Gasteiger partial charge in [-0.15, -0.1) is 23.8 Å². The molecule has 0 spiro atoms. The number of nitrogens with zero attached hydrogens (tertiary/aromatic N) is 2. The molecule has 87 valence electrons. The van der Waals surface area contributed by atoms with Crippen molar-refractivity contribution in [2.24, 2.45) is 0 Å². The first-order valence-electron chi connectivity index (χ1n) is 5.25. The molecule has 0 amide bonds. The molecule has 0 aliphatic rings. The largest absolute Gasteiger partial charge is 0.222 e. The van der Waals surface area contributed by atoms with Gasteiger partial charge in [-0.1, -0.05) is 50.6 Å². The van der Waals surface area contributed by atoms with Crippen LogP contribution in [0.15, 0.2) is 30.3 Å². The van der Waals surface area contributed by atoms with Gasteiger partial charge in [0.2, 0.25) is 0 Å². The third-order valence-corrected chi connectivity index (χ3v) is 2.11. The van der Waals surface area contributed by atoms with Gasteiger partial charge in [-0.05, 0) is 5.69 Å². The normalized spacial score (nSPS) is 8.71. The standard InChI is InChI=1S/C11H8ClN2.C2H6.Y/c1-8-10(7-11(12)14-13-8)9-5-3-2-4-6-9;1-2;/h2-6H,1H3;1-2H3;/q-1;;. The van der Waals surface area contributed by atoms with Crippen molar-refractivity contribution in [3.8, 4) is 11.1 Å². The maximum atomic E-state index is 5.74. The molecule has 0 saturated carbocycles. The molecular formula is C13H14ClN2Y-. The predicted octanol–water partition coefficient (Wildman–Crippen LogP) is 3.93. The van der Waals surface area contributed by atoms with Gasteiger partial charge in [0.25, 0.3) is 0 Å². The number of benzene rings is 1. The minimum atomic E-state index is 0. The molecule has 0 bridgehead atoms. The van der Waals surface area contributed by atoms with Crippen LogP contribution in [0.2, 0.25) is 5.15 Å². The van der Waals surface area contributed by atoms with Crippen LogP contribution in [0.3, 0.4) is 0 Å². The molecule has 1 radical (unpaired) electrons. The minimum Gasteiger partial charge on any atom is -0.222 e. The molecule has 0 aliphatic heterocycles. The molecule has 2 rings (SSSR count). The third-order valence-electron chi connectivity index (χ3n) is 1.94. The van der Waals surface area contributed by atoms with Crippen LogP contribution in [0.1, 0.15) is 19.5 Å². The van der Waals surface area contributed by atoms with Crippen molar-refractivity contribution in [1.29, 1.82) is 0 Å². The smallest absolute Gasteiger partial charge is 0.0922 e. The van der Waals surface area contributed by atoms with E-state index in [0.717, 1.165) is 16.8 Å². The van der Waals surface area contributed by atoms with E-state index in [4.69, 9.17) is 11.6 Å². The Hall–Kier alpha value is -0.306. The van der Waals surface area contributed by atoms with Crippen LogP contribution in [0.4, 0.5) is 0 Å². The third kappa shape index (κ3) is 4.83. The SMILES string of the molecule is CC.Cc1nnc(Cl)[c-]c1-c1ccccc1.[Y]. The first-order chi connectivity index (χ1) is 7.77. The second-order valence-corrected chi connectivity index (χ2v) is 3.30. The maximum absolute atomic E-state index is 5.74. The van der Waals surface area contributed by atoms with E-state index in [1.54, 1.807) is 0 Å². The molecule has 2 aromatic rings. The Balaban J connectivity index is 0.000000811. The number of hydrogen-bond acceptors (Lipinski definition) is 2. The van der Waals surface area contributed by atoms with Gasteiger partial charge < -0.3 is 0 Å². The summed E-state index contributed by atoms with van der Waals surface area (Å²) < 4.78 is 0. The van der Waals surface area contributed by atoms with Crippen LogP contribution in [0, 0.1) is 13.0 Å². The second-order valence-electron chi connectivity index (χ2n) is 2.94. The maximum Gasteiger partial charge on any atom is 0.0922 e. The molecule has 17 heavy (non-hydrogen) atoms. The first-order valence-corrected chi connectivity index (χ1v) is 5.62. The van der Waals surface area contributed by atoms with E-state index in [0.29, 0.717) is 5.15 Å². The Morgan fingerprint density at radius 3 is 2.24 bits per heavy atom. The minimum absolute atomic E-state index is 0. The van der Waals surface area contributed by atoms with Crippen molar-refractivity contribution >= 4 is 11.6 Å². The summed E-state index contributed by atoms with van der Waals surface area (Å²) in [5.41, 5.74) is 2.80. The molecule has 2 nitrogen and oxygen atoms in total. The predicted molar refractivity (Wildman–Crippen MR) is 67.4 cm³/mol. The zero-order valence-electron chi connectivity index (χ0n) is 10.2. The van der Waals surface area contributed by atoms with Gasteiger partial charge in [0, 0.05) is 32.7 Å². The zero-order valence-corrected chi connectivity index (χ0v) is 13.8. The Kier molecular flexibility index (Phi) is 8.58. The summed E-state index contributed by atoms with van der Waals surface area (Å²) in [4.78, 5) is 0. The molecule has 0 saturated heterocycles. The number of hydrogen-bond donors (Lipinski definition) is 0. The van der Waals surface area contributed by atoms with Crippen LogP contribution >= 0.6 is 11.6 Å². The van der Waals surface area contributed by atoms with Gasteiger partial charge >= 0.3 is 0 Å². The van der Waals surface area contributed by atoms with Crippen LogP contribution in [0.25, 0.3) is 11.1 Å². The number of aromatic nitrogens is 2. The summed E-state index contributed by atoms with van der Waals surface area (Å²) in [5, 5.41) is 7.97. The Bertz CT molecular complexity index is 446. The van der Waals surface area contributed by atoms with Gasteiger partial charge in [0.1, 0.15) is 0 Å². The molecule has 4 heteroatoms. The van der Waals surface area contributed by atoms with Gasteiger partial charge in [-0.2, -0.15) is 10.7 Å².